The van der Waals surface area contributed by atoms with Crippen LogP contribution in [0.4, 0.5) is 21.5 Å². The topological polar surface area (TPSA) is 97.1 Å². The van der Waals surface area contributed by atoms with Gasteiger partial charge >= 0.3 is 0 Å². The number of nitrogens with zero attached hydrogens (tertiary/aromatic N) is 1. The van der Waals surface area contributed by atoms with Crippen molar-refractivity contribution in [1.29, 1.82) is 0 Å². The molecule has 0 spiro atoms. The SMILES string of the molecule is Nc1ccc(F)cc1NC(=O)c1ccc(NC(=O)CCCc2cccnc2)cc1. The molecule has 0 aliphatic heterocycles. The molecule has 3 aromatic rings. The van der Waals surface area contributed by atoms with Crippen LogP contribution in [0.15, 0.2) is 67.0 Å². The Hall–Kier alpha value is -3.74. The van der Waals surface area contributed by atoms with E-state index in [1.165, 1.54) is 12.1 Å². The Morgan fingerprint density at radius 2 is 1.83 bits per heavy atom. The average Bonchev–Trinajstić information content (AvgIpc) is 2.72. The molecule has 1 heterocycles. The third kappa shape index (κ3) is 5.87. The van der Waals surface area contributed by atoms with Gasteiger partial charge < -0.3 is 16.4 Å². The summed E-state index contributed by atoms with van der Waals surface area (Å²) in [5.74, 6) is -1.01. The fourth-order valence-corrected chi connectivity index (χ4v) is 2.76. The zero-order chi connectivity index (χ0) is 20.6. The number of nitrogen functional groups attached to an aromatic ring is 1. The van der Waals surface area contributed by atoms with E-state index in [0.717, 1.165) is 18.1 Å². The second-order valence-corrected chi connectivity index (χ2v) is 6.53. The highest BCUT2D eigenvalue weighted by Crippen LogP contribution is 2.20. The molecule has 0 saturated carbocycles. The van der Waals surface area contributed by atoms with Crippen molar-refractivity contribution in [1.82, 2.24) is 4.98 Å². The molecule has 0 bridgehead atoms. The summed E-state index contributed by atoms with van der Waals surface area (Å²) < 4.78 is 13.3. The van der Waals surface area contributed by atoms with Crippen LogP contribution in [0, 0.1) is 5.82 Å². The van der Waals surface area contributed by atoms with Crippen LogP contribution in [0.3, 0.4) is 0 Å². The number of anilines is 3. The maximum atomic E-state index is 13.3. The van der Waals surface area contributed by atoms with E-state index in [-0.39, 0.29) is 17.3 Å². The van der Waals surface area contributed by atoms with Crippen molar-refractivity contribution in [2.75, 3.05) is 16.4 Å². The van der Waals surface area contributed by atoms with Gasteiger partial charge in [-0.3, -0.25) is 14.6 Å². The number of carbonyl (C=O) groups is 2. The van der Waals surface area contributed by atoms with Gasteiger partial charge in [0, 0.05) is 30.1 Å². The third-order valence-corrected chi connectivity index (χ3v) is 4.29. The number of pyridine rings is 1. The number of rotatable bonds is 7. The second-order valence-electron chi connectivity index (χ2n) is 6.53. The highest BCUT2D eigenvalue weighted by molar-refractivity contribution is 6.06. The summed E-state index contributed by atoms with van der Waals surface area (Å²) in [6.45, 7) is 0. The van der Waals surface area contributed by atoms with Gasteiger partial charge in [0.1, 0.15) is 5.82 Å². The molecule has 2 aromatic carbocycles. The first-order chi connectivity index (χ1) is 14.0. The summed E-state index contributed by atoms with van der Waals surface area (Å²) in [7, 11) is 0. The maximum Gasteiger partial charge on any atom is 0.255 e. The number of nitrogens with two attached hydrogens (primary N) is 1. The number of hydrogen-bond donors (Lipinski definition) is 3. The number of nitrogens with one attached hydrogen (secondary N) is 2. The summed E-state index contributed by atoms with van der Waals surface area (Å²) >= 11 is 0. The summed E-state index contributed by atoms with van der Waals surface area (Å²) in [4.78, 5) is 28.4. The zero-order valence-corrected chi connectivity index (χ0v) is 15.7. The van der Waals surface area contributed by atoms with E-state index in [2.05, 4.69) is 15.6 Å². The van der Waals surface area contributed by atoms with E-state index in [0.29, 0.717) is 24.1 Å². The van der Waals surface area contributed by atoms with E-state index in [1.807, 2.05) is 12.1 Å². The lowest BCUT2D eigenvalue weighted by atomic mass is 10.1. The van der Waals surface area contributed by atoms with Crippen LogP contribution in [-0.2, 0) is 11.2 Å². The third-order valence-electron chi connectivity index (χ3n) is 4.29. The first kappa shape index (κ1) is 20.0. The molecule has 3 rings (SSSR count). The van der Waals surface area contributed by atoms with Crippen LogP contribution in [0.5, 0.6) is 0 Å². The average molecular weight is 392 g/mol. The smallest absolute Gasteiger partial charge is 0.255 e. The Morgan fingerprint density at radius 3 is 2.55 bits per heavy atom. The Labute approximate surface area is 168 Å². The van der Waals surface area contributed by atoms with Crippen molar-refractivity contribution in [3.05, 3.63) is 83.9 Å². The molecular formula is C22H21FN4O2. The van der Waals surface area contributed by atoms with Crippen molar-refractivity contribution < 1.29 is 14.0 Å². The minimum Gasteiger partial charge on any atom is -0.397 e. The molecule has 148 valence electrons. The molecule has 0 aliphatic rings. The Kier molecular flexibility index (Phi) is 6.52. The van der Waals surface area contributed by atoms with Crippen molar-refractivity contribution in [2.24, 2.45) is 0 Å². The Morgan fingerprint density at radius 1 is 1.03 bits per heavy atom. The molecule has 6 nitrogen and oxygen atoms in total. The fraction of sp³-hybridized carbons (Fsp3) is 0.136. The fourth-order valence-electron chi connectivity index (χ4n) is 2.76. The summed E-state index contributed by atoms with van der Waals surface area (Å²) in [6, 6.07) is 14.1. The molecule has 1 aromatic heterocycles. The predicted octanol–water partition coefficient (Wildman–Crippen LogP) is 4.02. The zero-order valence-electron chi connectivity index (χ0n) is 15.7. The van der Waals surface area contributed by atoms with Crippen molar-refractivity contribution in [3.8, 4) is 0 Å². The number of aromatic nitrogens is 1. The Balaban J connectivity index is 1.50. The lowest BCUT2D eigenvalue weighted by Crippen LogP contribution is -2.14. The van der Waals surface area contributed by atoms with Crippen LogP contribution in [0.25, 0.3) is 0 Å². The van der Waals surface area contributed by atoms with Crippen molar-refractivity contribution >= 4 is 28.9 Å². The van der Waals surface area contributed by atoms with Crippen LogP contribution >= 0.6 is 0 Å². The van der Waals surface area contributed by atoms with Gasteiger partial charge in [-0.05, 0) is 66.9 Å². The highest BCUT2D eigenvalue weighted by Gasteiger charge is 2.10. The molecule has 0 saturated heterocycles. The van der Waals surface area contributed by atoms with Gasteiger partial charge in [0.15, 0.2) is 0 Å². The van der Waals surface area contributed by atoms with Gasteiger partial charge in [0.05, 0.1) is 11.4 Å². The normalized spacial score (nSPS) is 10.4. The number of halogens is 1. The molecule has 7 heteroatoms. The van der Waals surface area contributed by atoms with Crippen molar-refractivity contribution in [3.63, 3.8) is 0 Å². The van der Waals surface area contributed by atoms with Gasteiger partial charge in [-0.2, -0.15) is 0 Å². The number of hydrogen-bond acceptors (Lipinski definition) is 4. The summed E-state index contributed by atoms with van der Waals surface area (Å²) in [5, 5.41) is 5.38. The van der Waals surface area contributed by atoms with Crippen LogP contribution in [0.1, 0.15) is 28.8 Å². The van der Waals surface area contributed by atoms with E-state index >= 15 is 0 Å². The molecule has 29 heavy (non-hydrogen) atoms. The summed E-state index contributed by atoms with van der Waals surface area (Å²) in [5.41, 5.74) is 8.27. The minimum absolute atomic E-state index is 0.0985. The lowest BCUT2D eigenvalue weighted by Gasteiger charge is -2.09. The van der Waals surface area contributed by atoms with Crippen molar-refractivity contribution in [2.45, 2.75) is 19.3 Å². The molecular weight excluding hydrogens is 371 g/mol. The minimum atomic E-state index is -0.490. The number of carbonyl (C=O) groups excluding carboxylic acids is 2. The predicted molar refractivity (Wildman–Crippen MR) is 111 cm³/mol. The maximum absolute atomic E-state index is 13.3. The number of amides is 2. The highest BCUT2D eigenvalue weighted by atomic mass is 19.1. The first-order valence-corrected chi connectivity index (χ1v) is 9.16. The largest absolute Gasteiger partial charge is 0.397 e. The van der Waals surface area contributed by atoms with Gasteiger partial charge in [-0.1, -0.05) is 6.07 Å². The first-order valence-electron chi connectivity index (χ1n) is 9.16. The molecule has 0 aliphatic carbocycles. The quantitative estimate of drug-likeness (QED) is 0.529. The van der Waals surface area contributed by atoms with Crippen LogP contribution in [0.2, 0.25) is 0 Å². The van der Waals surface area contributed by atoms with Gasteiger partial charge in [0.2, 0.25) is 5.91 Å². The molecule has 0 fully saturated rings. The molecule has 0 atom stereocenters. The lowest BCUT2D eigenvalue weighted by molar-refractivity contribution is -0.116. The Bertz CT molecular complexity index is 991. The van der Waals surface area contributed by atoms with Crippen LogP contribution < -0.4 is 16.4 Å². The molecule has 0 radical (unpaired) electrons. The van der Waals surface area contributed by atoms with Gasteiger partial charge in [0.25, 0.3) is 5.91 Å². The second kappa shape index (κ2) is 9.45. The molecule has 4 N–H and O–H groups in total. The van der Waals surface area contributed by atoms with Crippen LogP contribution in [-0.4, -0.2) is 16.8 Å². The van der Waals surface area contributed by atoms with E-state index < -0.39 is 11.7 Å². The number of benzene rings is 2. The van der Waals surface area contributed by atoms with Gasteiger partial charge in [-0.15, -0.1) is 0 Å². The van der Waals surface area contributed by atoms with E-state index in [1.54, 1.807) is 36.7 Å². The standard InChI is InChI=1S/C22H21FN4O2/c23-17-8-11-19(24)20(13-17)27-22(29)16-6-9-18(10-7-16)26-21(28)5-1-3-15-4-2-12-25-14-15/h2,4,6-14H,1,3,5,24H2,(H,26,28)(H,27,29). The van der Waals surface area contributed by atoms with E-state index in [9.17, 15) is 14.0 Å². The molecule has 0 unspecified atom stereocenters. The van der Waals surface area contributed by atoms with E-state index in [4.69, 9.17) is 5.73 Å². The van der Waals surface area contributed by atoms with Gasteiger partial charge in [-0.25, -0.2) is 4.39 Å². The molecule has 2 amide bonds. The summed E-state index contributed by atoms with van der Waals surface area (Å²) in [6.07, 6.45) is 5.39. The number of aryl methyl sites for hydroxylation is 1. The monoisotopic (exact) mass is 392 g/mol.